The molecule has 7 nitrogen and oxygen atoms in total. The summed E-state index contributed by atoms with van der Waals surface area (Å²) in [6.07, 6.45) is -0.592. The molecule has 0 bridgehead atoms. The van der Waals surface area contributed by atoms with E-state index in [4.69, 9.17) is 25.9 Å². The number of para-hydroxylation sites is 3. The lowest BCUT2D eigenvalue weighted by molar-refractivity contribution is 0.590. The third-order valence-electron chi connectivity index (χ3n) is 15.8. The number of hydrogen-bond acceptors (Lipinski definition) is 3. The predicted octanol–water partition coefficient (Wildman–Crippen LogP) is 20.8. The monoisotopic (exact) mass is 1160 g/mol. The number of aromatic nitrogens is 7. The molecule has 15 rings (SSSR count). The van der Waals surface area contributed by atoms with Crippen molar-refractivity contribution in [1.82, 2.24) is 33.2 Å². The molecule has 7 heteroatoms. The smallest absolute Gasteiger partial charge is 0.240 e. The van der Waals surface area contributed by atoms with E-state index in [9.17, 15) is 27.4 Å². The van der Waals surface area contributed by atoms with E-state index in [1.54, 1.807) is 107 Å². The lowest BCUT2D eigenvalue weighted by atomic mass is 9.85. The Hall–Kier alpha value is -9.59. The maximum atomic E-state index is 10.3. The second-order valence-corrected chi connectivity index (χ2v) is 26.0. The first-order chi connectivity index (χ1) is 53.4. The van der Waals surface area contributed by atoms with Crippen molar-refractivity contribution >= 4 is 82.4 Å². The molecule has 0 N–H and O–H groups in total. The average molecular weight is 1160 g/mol. The Bertz CT molecular complexity index is 6490. The molecule has 14 aromatic rings. The van der Waals surface area contributed by atoms with Gasteiger partial charge in [0.15, 0.2) is 5.82 Å². The fraction of sp³-hybridized carbons (Fsp3) is 0.212. The first-order valence-electron chi connectivity index (χ1n) is 42.5. The van der Waals surface area contributed by atoms with Gasteiger partial charge in [0.05, 0.1) is 94.1 Å². The number of benzene rings is 9. The number of rotatable bonds is 6. The zero-order chi connectivity index (χ0) is 84.4. The minimum Gasteiger partial charge on any atom is -0.309 e. The highest BCUT2D eigenvalue weighted by Crippen LogP contribution is 2.46. The molecule has 5 heterocycles. The Labute approximate surface area is 548 Å². The van der Waals surface area contributed by atoms with Gasteiger partial charge in [-0.2, -0.15) is 15.0 Å². The SMILES string of the molecule is [2H]C1=C([2H])C([2H])=C([2H])c2c(c3c([2H])c([2H])c([2H])c([2H])c3n2-c2nc(-c3cccc(-c4c(-n5c6c([2H])c([2H])c(C(C)(C)C)c([2H])c6c6c([2H])c(C(C)(C)C)c([2H])c([2H])c65)cccc4-n4c5c([2H])c([2H])c(C(C)(C)C)c([2H])c5c5c([2H])c(C(C)(C)C)c([2H])c([2H])c54)c3)nc(-n3c4c([2H])c([2H])c([2H])c([2H])c4c4c([2H])c([2H])c([2H])c([2H])c43)n2)C1. The Morgan fingerprint density at radius 1 is 0.379 bits per heavy atom. The third kappa shape index (κ3) is 8.79. The highest BCUT2D eigenvalue weighted by atomic mass is 15.3. The van der Waals surface area contributed by atoms with E-state index < -0.39 is 224 Å². The summed E-state index contributed by atoms with van der Waals surface area (Å²) >= 11 is 0. The van der Waals surface area contributed by atoms with Crippen LogP contribution in [-0.4, -0.2) is 33.2 Å². The largest absolute Gasteiger partial charge is 0.309 e. The molecule has 0 radical (unpaired) electrons. The van der Waals surface area contributed by atoms with Crippen molar-refractivity contribution in [2.45, 2.75) is 111 Å². The maximum absolute atomic E-state index is 10.3. The van der Waals surface area contributed by atoms with Crippen LogP contribution in [0.4, 0.5) is 0 Å². The number of nitrogens with zero attached hydrogens (tertiary/aromatic N) is 7. The summed E-state index contributed by atoms with van der Waals surface area (Å²) in [6.45, 7) is 21.2. The molecular weight excluding hydrogens is 1060 g/mol. The standard InChI is InChI=1S/C80H73N7/c1-77(2,3)51-36-40-67-59(45-51)60-46-52(78(4,5)6)37-41-68(60)84(67)71-34-23-35-72(85-69-42-38-53(79(7,8)9)47-61(69)62-48-54(80(10,11)12)39-43-70(62)85)73(71)49-24-22-25-50(44-49)74-81-75(86-63-30-15-13-14-26-55(63)56-27-16-19-31-64(56)86)83-76(82-74)87-65-32-20-17-28-57(65)58-29-18-21-33-66(58)87/h13-25,27-48H,26H2,1-12H3/i13D,14D,15D,16D,17D,18D,19D,20D,21D,27D,28D,29D,30D,31D,32D,33D,36D,37D,38D,39D,40D,41D,42D,43D,45D,46D,47D,48D. The van der Waals surface area contributed by atoms with Crippen LogP contribution in [-0.2, 0) is 28.1 Å². The summed E-state index contributed by atoms with van der Waals surface area (Å²) in [7, 11) is 0. The zero-order valence-electron chi connectivity index (χ0n) is 77.9. The zero-order valence-corrected chi connectivity index (χ0v) is 49.9. The van der Waals surface area contributed by atoms with Crippen molar-refractivity contribution in [3.63, 3.8) is 0 Å². The minimum atomic E-state index is -0.994. The summed E-state index contributed by atoms with van der Waals surface area (Å²) in [5.41, 5.74) is -6.30. The van der Waals surface area contributed by atoms with Gasteiger partial charge in [-0.3, -0.25) is 9.13 Å². The molecule has 0 atom stereocenters. The van der Waals surface area contributed by atoms with Crippen molar-refractivity contribution in [1.29, 1.82) is 0 Å². The molecule has 428 valence electrons. The lowest BCUT2D eigenvalue weighted by Crippen LogP contribution is -2.11. The van der Waals surface area contributed by atoms with Gasteiger partial charge in [-0.15, -0.1) is 0 Å². The number of fused-ring (bicyclic) bond motifs is 12. The van der Waals surface area contributed by atoms with Crippen LogP contribution in [0, 0.1) is 0 Å². The molecule has 0 spiro atoms. The summed E-state index contributed by atoms with van der Waals surface area (Å²) < 4.78 is 274. The van der Waals surface area contributed by atoms with Gasteiger partial charge < -0.3 is 9.13 Å². The van der Waals surface area contributed by atoms with E-state index in [0.29, 0.717) is 0 Å². The molecule has 9 aromatic carbocycles. The minimum absolute atomic E-state index is 0.0233. The molecule has 87 heavy (non-hydrogen) atoms. The normalized spacial score (nSPS) is 18.3. The van der Waals surface area contributed by atoms with Crippen LogP contribution in [0.5, 0.6) is 0 Å². The first-order valence-corrected chi connectivity index (χ1v) is 28.5. The van der Waals surface area contributed by atoms with Gasteiger partial charge in [0, 0.05) is 48.8 Å². The molecule has 1 aliphatic carbocycles. The van der Waals surface area contributed by atoms with Crippen LogP contribution in [0.1, 0.15) is 155 Å². The van der Waals surface area contributed by atoms with E-state index >= 15 is 0 Å². The third-order valence-corrected chi connectivity index (χ3v) is 15.8. The fourth-order valence-corrected chi connectivity index (χ4v) is 11.3. The van der Waals surface area contributed by atoms with Crippen LogP contribution >= 0.6 is 0 Å². The Kier molecular flexibility index (Phi) is 7.09. The van der Waals surface area contributed by atoms with E-state index in [1.807, 2.05) is 0 Å². The van der Waals surface area contributed by atoms with Crippen LogP contribution in [0.2, 0.25) is 0 Å². The molecule has 5 aromatic heterocycles. The molecule has 0 fully saturated rings. The van der Waals surface area contributed by atoms with Gasteiger partial charge in [-0.05, 0) is 152 Å². The average Bonchev–Trinajstić information content (AvgIpc) is 1.54. The summed E-state index contributed by atoms with van der Waals surface area (Å²) in [5.74, 6) is -1.84. The highest BCUT2D eigenvalue weighted by Gasteiger charge is 2.29. The van der Waals surface area contributed by atoms with Gasteiger partial charge >= 0.3 is 0 Å². The lowest BCUT2D eigenvalue weighted by Gasteiger charge is -2.22. The molecule has 1 aliphatic rings. The summed E-state index contributed by atoms with van der Waals surface area (Å²) in [6, 6.07) is -5.93. The molecule has 0 aliphatic heterocycles. The van der Waals surface area contributed by atoms with E-state index in [2.05, 4.69) is 0 Å². The van der Waals surface area contributed by atoms with Gasteiger partial charge in [-0.25, -0.2) is 0 Å². The van der Waals surface area contributed by atoms with Crippen molar-refractivity contribution < 1.29 is 38.4 Å². The van der Waals surface area contributed by atoms with Crippen molar-refractivity contribution in [3.05, 3.63) is 239 Å². The van der Waals surface area contributed by atoms with Crippen LogP contribution in [0.3, 0.4) is 0 Å². The van der Waals surface area contributed by atoms with E-state index in [1.165, 1.54) is 27.3 Å². The van der Waals surface area contributed by atoms with Crippen LogP contribution in [0.25, 0.3) is 128 Å². The second kappa shape index (κ2) is 19.5. The Morgan fingerprint density at radius 2 is 0.770 bits per heavy atom. The van der Waals surface area contributed by atoms with Gasteiger partial charge in [0.25, 0.3) is 0 Å². The maximum Gasteiger partial charge on any atom is 0.240 e. The van der Waals surface area contributed by atoms with Gasteiger partial charge in [0.2, 0.25) is 11.9 Å². The highest BCUT2D eigenvalue weighted by molar-refractivity contribution is 6.13. The number of allylic oxidation sites excluding steroid dienone is 3. The first kappa shape index (κ1) is 31.7. The predicted molar refractivity (Wildman–Crippen MR) is 367 cm³/mol. The topological polar surface area (TPSA) is 58.4 Å². The fourth-order valence-electron chi connectivity index (χ4n) is 11.3. The summed E-state index contributed by atoms with van der Waals surface area (Å²) in [4.78, 5) is 15.1. The van der Waals surface area contributed by atoms with E-state index in [0.717, 1.165) is 9.13 Å². The Balaban J connectivity index is 1.19. The second-order valence-electron chi connectivity index (χ2n) is 26.0. The molecule has 0 saturated heterocycles. The van der Waals surface area contributed by atoms with Crippen molar-refractivity contribution in [3.8, 4) is 45.8 Å². The number of hydrogen-bond donors (Lipinski definition) is 0. The molecular formula is C80H73N7. The quantitative estimate of drug-likeness (QED) is 0.167. The molecule has 0 unspecified atom stereocenters. The summed E-state index contributed by atoms with van der Waals surface area (Å²) in [5, 5.41) is -1.24. The molecule has 0 saturated carbocycles. The van der Waals surface area contributed by atoms with Crippen LogP contribution in [0.15, 0.2) is 206 Å². The van der Waals surface area contributed by atoms with Crippen molar-refractivity contribution in [2.75, 3.05) is 0 Å². The van der Waals surface area contributed by atoms with Gasteiger partial charge in [-0.1, -0.05) is 204 Å². The molecule has 0 amide bonds. The van der Waals surface area contributed by atoms with Gasteiger partial charge in [0.1, 0.15) is 0 Å². The van der Waals surface area contributed by atoms with Crippen molar-refractivity contribution in [2.24, 2.45) is 0 Å². The van der Waals surface area contributed by atoms with E-state index in [-0.39, 0.29) is 129 Å². The van der Waals surface area contributed by atoms with Crippen LogP contribution < -0.4 is 0 Å². The Morgan fingerprint density at radius 3 is 1.23 bits per heavy atom.